The highest BCUT2D eigenvalue weighted by Crippen LogP contribution is 2.21. The van der Waals surface area contributed by atoms with E-state index in [1.54, 1.807) is 18.6 Å². The summed E-state index contributed by atoms with van der Waals surface area (Å²) in [6.07, 6.45) is 5.10. The molecule has 0 aliphatic heterocycles. The molecule has 0 N–H and O–H groups in total. The minimum Gasteiger partial charge on any atom is -0.418 e. The first-order valence-electron chi connectivity index (χ1n) is 4.55. The van der Waals surface area contributed by atoms with Crippen LogP contribution >= 0.6 is 0 Å². The van der Waals surface area contributed by atoms with Gasteiger partial charge in [-0.1, -0.05) is 0 Å². The Hall–Kier alpha value is -2.23. The topological polar surface area (TPSA) is 51.8 Å². The molecule has 0 aliphatic carbocycles. The molecule has 0 unspecified atom stereocenters. The van der Waals surface area contributed by atoms with Gasteiger partial charge in [-0.3, -0.25) is 4.98 Å². The Labute approximate surface area is 85.6 Å². The molecule has 15 heavy (non-hydrogen) atoms. The monoisotopic (exact) mass is 197 g/mol. The highest BCUT2D eigenvalue weighted by atomic mass is 16.4. The summed E-state index contributed by atoms with van der Waals surface area (Å²) < 4.78 is 5.50. The molecule has 4 nitrogen and oxygen atoms in total. The second-order valence-corrected chi connectivity index (χ2v) is 3.08. The van der Waals surface area contributed by atoms with Crippen LogP contribution in [0.15, 0.2) is 47.3 Å². The van der Waals surface area contributed by atoms with E-state index in [-0.39, 0.29) is 0 Å². The third-order valence-corrected chi connectivity index (χ3v) is 2.09. The van der Waals surface area contributed by atoms with Gasteiger partial charge in [0, 0.05) is 24.2 Å². The molecular formula is C11H7N3O. The van der Waals surface area contributed by atoms with Gasteiger partial charge in [-0.2, -0.15) is 0 Å². The molecule has 0 saturated carbocycles. The van der Waals surface area contributed by atoms with Gasteiger partial charge in [0.2, 0.25) is 11.6 Å². The largest absolute Gasteiger partial charge is 0.418 e. The van der Waals surface area contributed by atoms with E-state index in [0.717, 1.165) is 11.1 Å². The molecule has 0 aliphatic rings. The fraction of sp³-hybridized carbons (Fsp3) is 0. The lowest BCUT2D eigenvalue weighted by Gasteiger charge is -1.90. The smallest absolute Gasteiger partial charge is 0.247 e. The summed E-state index contributed by atoms with van der Waals surface area (Å²) in [4.78, 5) is 12.3. The number of fused-ring (bicyclic) bond motifs is 1. The zero-order valence-electron chi connectivity index (χ0n) is 7.79. The maximum absolute atomic E-state index is 5.50. The predicted octanol–water partition coefficient (Wildman–Crippen LogP) is 2.28. The molecule has 4 heteroatoms. The maximum Gasteiger partial charge on any atom is 0.247 e. The molecule has 0 radical (unpaired) electrons. The van der Waals surface area contributed by atoms with Crippen molar-refractivity contribution in [3.63, 3.8) is 0 Å². The van der Waals surface area contributed by atoms with Crippen LogP contribution in [0.2, 0.25) is 0 Å². The highest BCUT2D eigenvalue weighted by molar-refractivity contribution is 5.71. The van der Waals surface area contributed by atoms with Crippen molar-refractivity contribution in [1.82, 2.24) is 15.0 Å². The molecular weight excluding hydrogens is 190 g/mol. The van der Waals surface area contributed by atoms with Crippen LogP contribution in [-0.4, -0.2) is 15.0 Å². The average Bonchev–Trinajstić information content (AvgIpc) is 2.74. The van der Waals surface area contributed by atoms with Crippen molar-refractivity contribution in [2.45, 2.75) is 0 Å². The highest BCUT2D eigenvalue weighted by Gasteiger charge is 2.07. The molecule has 0 fully saturated rings. The first-order chi connectivity index (χ1) is 7.43. The number of oxazole rings is 1. The quantitative estimate of drug-likeness (QED) is 0.600. The molecule has 3 aromatic heterocycles. The molecule has 0 saturated heterocycles. The van der Waals surface area contributed by atoms with Gasteiger partial charge in [0.25, 0.3) is 0 Å². The number of nitrogens with zero attached hydrogens (tertiary/aromatic N) is 3. The summed E-state index contributed by atoms with van der Waals surface area (Å²) in [7, 11) is 0. The Kier molecular flexibility index (Phi) is 1.71. The molecule has 3 rings (SSSR count). The fourth-order valence-electron chi connectivity index (χ4n) is 1.39. The minimum atomic E-state index is 0.560. The van der Waals surface area contributed by atoms with Crippen molar-refractivity contribution in [3.8, 4) is 11.5 Å². The van der Waals surface area contributed by atoms with E-state index in [0.29, 0.717) is 11.6 Å². The first-order valence-corrected chi connectivity index (χ1v) is 4.55. The van der Waals surface area contributed by atoms with Crippen molar-refractivity contribution < 1.29 is 4.42 Å². The predicted molar refractivity (Wildman–Crippen MR) is 55.0 cm³/mol. The number of pyridine rings is 2. The zero-order chi connectivity index (χ0) is 10.1. The van der Waals surface area contributed by atoms with Crippen molar-refractivity contribution in [3.05, 3.63) is 42.9 Å². The summed E-state index contributed by atoms with van der Waals surface area (Å²) >= 11 is 0. The Morgan fingerprint density at radius 2 is 1.87 bits per heavy atom. The molecule has 3 aromatic rings. The van der Waals surface area contributed by atoms with Gasteiger partial charge in [-0.25, -0.2) is 9.97 Å². The summed E-state index contributed by atoms with van der Waals surface area (Å²) in [5, 5.41) is 0. The number of rotatable bonds is 1. The van der Waals surface area contributed by atoms with Gasteiger partial charge >= 0.3 is 0 Å². The Morgan fingerprint density at radius 1 is 1.00 bits per heavy atom. The van der Waals surface area contributed by atoms with E-state index >= 15 is 0 Å². The summed E-state index contributed by atoms with van der Waals surface area (Å²) in [5.41, 5.74) is 2.23. The molecule has 0 bridgehead atoms. The zero-order valence-corrected chi connectivity index (χ0v) is 7.79. The Morgan fingerprint density at radius 3 is 2.67 bits per heavy atom. The van der Waals surface area contributed by atoms with Gasteiger partial charge in [-0.15, -0.1) is 0 Å². The van der Waals surface area contributed by atoms with E-state index in [1.807, 2.05) is 24.3 Å². The van der Waals surface area contributed by atoms with Crippen LogP contribution in [0, 0.1) is 0 Å². The van der Waals surface area contributed by atoms with Crippen LogP contribution in [0.5, 0.6) is 0 Å². The van der Waals surface area contributed by atoms with Gasteiger partial charge in [0.1, 0.15) is 5.52 Å². The van der Waals surface area contributed by atoms with Gasteiger partial charge in [0.05, 0.1) is 0 Å². The third kappa shape index (κ3) is 1.36. The van der Waals surface area contributed by atoms with Gasteiger partial charge in [0.15, 0.2) is 0 Å². The number of hydrogen-bond acceptors (Lipinski definition) is 4. The van der Waals surface area contributed by atoms with E-state index in [2.05, 4.69) is 15.0 Å². The molecule has 3 heterocycles. The van der Waals surface area contributed by atoms with Crippen molar-refractivity contribution in [1.29, 1.82) is 0 Å². The summed E-state index contributed by atoms with van der Waals surface area (Å²) in [6.45, 7) is 0. The van der Waals surface area contributed by atoms with Crippen LogP contribution in [0.1, 0.15) is 0 Å². The lowest BCUT2D eigenvalue weighted by Crippen LogP contribution is -1.76. The van der Waals surface area contributed by atoms with Gasteiger partial charge in [-0.05, 0) is 24.3 Å². The Balaban J connectivity index is 2.21. The molecule has 0 spiro atoms. The number of hydrogen-bond donors (Lipinski definition) is 0. The lowest BCUT2D eigenvalue weighted by atomic mass is 10.3. The van der Waals surface area contributed by atoms with Crippen LogP contribution in [0.4, 0.5) is 0 Å². The van der Waals surface area contributed by atoms with E-state index < -0.39 is 0 Å². The molecule has 0 aromatic carbocycles. The second kappa shape index (κ2) is 3.16. The average molecular weight is 197 g/mol. The lowest BCUT2D eigenvalue weighted by molar-refractivity contribution is 0.608. The van der Waals surface area contributed by atoms with Crippen molar-refractivity contribution >= 4 is 11.2 Å². The van der Waals surface area contributed by atoms with Crippen LogP contribution in [0.25, 0.3) is 22.7 Å². The SMILES string of the molecule is c1cnc2oc(-c3ccncc3)nc2c1. The summed E-state index contributed by atoms with van der Waals surface area (Å²) in [5.74, 6) is 0.575. The van der Waals surface area contributed by atoms with Crippen molar-refractivity contribution in [2.24, 2.45) is 0 Å². The standard InChI is InChI=1S/C11H7N3O/c1-2-9-11(13-5-1)15-10(14-9)8-3-6-12-7-4-8/h1-7H. The fourth-order valence-corrected chi connectivity index (χ4v) is 1.39. The Bertz CT molecular complexity index is 556. The maximum atomic E-state index is 5.50. The van der Waals surface area contributed by atoms with E-state index in [9.17, 15) is 0 Å². The normalized spacial score (nSPS) is 10.7. The van der Waals surface area contributed by atoms with E-state index in [1.165, 1.54) is 0 Å². The minimum absolute atomic E-state index is 0.560. The van der Waals surface area contributed by atoms with E-state index in [4.69, 9.17) is 4.42 Å². The molecule has 0 amide bonds. The first kappa shape index (κ1) is 8.11. The number of aromatic nitrogens is 3. The second-order valence-electron chi connectivity index (χ2n) is 3.08. The van der Waals surface area contributed by atoms with Gasteiger partial charge < -0.3 is 4.42 Å². The van der Waals surface area contributed by atoms with Crippen LogP contribution in [-0.2, 0) is 0 Å². The van der Waals surface area contributed by atoms with Crippen molar-refractivity contribution in [2.75, 3.05) is 0 Å². The molecule has 0 atom stereocenters. The molecule has 72 valence electrons. The van der Waals surface area contributed by atoms with Crippen LogP contribution < -0.4 is 0 Å². The van der Waals surface area contributed by atoms with Crippen LogP contribution in [0.3, 0.4) is 0 Å². The summed E-state index contributed by atoms with van der Waals surface area (Å²) in [6, 6.07) is 7.41. The third-order valence-electron chi connectivity index (χ3n) is 2.09.